The molecule has 6 heteroatoms. The second-order valence-electron chi connectivity index (χ2n) is 7.87. The SMILES string of the molecule is CCOC(=O)CCCC=CCC(NCCC(O)CC(C)(C)C)C(=O)OCC. The second-order valence-corrected chi connectivity index (χ2v) is 7.87. The van der Waals surface area contributed by atoms with Crippen molar-refractivity contribution in [1.29, 1.82) is 0 Å². The van der Waals surface area contributed by atoms with E-state index in [9.17, 15) is 14.7 Å². The predicted molar refractivity (Wildman–Crippen MR) is 107 cm³/mol. The van der Waals surface area contributed by atoms with Gasteiger partial charge in [0.25, 0.3) is 0 Å². The first-order valence-corrected chi connectivity index (χ1v) is 10.1. The highest BCUT2D eigenvalue weighted by Gasteiger charge is 2.20. The van der Waals surface area contributed by atoms with E-state index >= 15 is 0 Å². The van der Waals surface area contributed by atoms with E-state index in [4.69, 9.17) is 9.47 Å². The smallest absolute Gasteiger partial charge is 0.323 e. The molecular weight excluding hydrogens is 346 g/mol. The van der Waals surface area contributed by atoms with E-state index in [0.717, 1.165) is 19.3 Å². The molecule has 2 atom stereocenters. The summed E-state index contributed by atoms with van der Waals surface area (Å²) in [7, 11) is 0. The zero-order valence-electron chi connectivity index (χ0n) is 17.8. The zero-order valence-corrected chi connectivity index (χ0v) is 17.8. The Labute approximate surface area is 164 Å². The van der Waals surface area contributed by atoms with Crippen LogP contribution in [0.3, 0.4) is 0 Å². The normalized spacial score (nSPS) is 14.1. The third kappa shape index (κ3) is 15.4. The van der Waals surface area contributed by atoms with E-state index < -0.39 is 12.1 Å². The van der Waals surface area contributed by atoms with E-state index in [2.05, 4.69) is 26.1 Å². The van der Waals surface area contributed by atoms with Crippen LogP contribution in [-0.4, -0.2) is 48.9 Å². The number of hydrogen-bond donors (Lipinski definition) is 2. The van der Waals surface area contributed by atoms with Crippen molar-refractivity contribution in [2.24, 2.45) is 5.41 Å². The third-order valence-corrected chi connectivity index (χ3v) is 3.88. The van der Waals surface area contributed by atoms with Crippen LogP contribution in [-0.2, 0) is 19.1 Å². The molecule has 0 saturated heterocycles. The molecule has 6 nitrogen and oxygen atoms in total. The van der Waals surface area contributed by atoms with Gasteiger partial charge >= 0.3 is 11.9 Å². The Morgan fingerprint density at radius 2 is 1.78 bits per heavy atom. The number of allylic oxidation sites excluding steroid dienone is 1. The first kappa shape index (κ1) is 25.6. The minimum Gasteiger partial charge on any atom is -0.466 e. The maximum atomic E-state index is 12.1. The van der Waals surface area contributed by atoms with Gasteiger partial charge in [0, 0.05) is 6.42 Å². The fourth-order valence-electron chi connectivity index (χ4n) is 2.69. The van der Waals surface area contributed by atoms with Gasteiger partial charge in [0.05, 0.1) is 19.3 Å². The average molecular weight is 386 g/mol. The molecule has 158 valence electrons. The molecule has 0 amide bonds. The van der Waals surface area contributed by atoms with E-state index in [1.807, 2.05) is 12.2 Å². The van der Waals surface area contributed by atoms with Crippen LogP contribution >= 0.6 is 0 Å². The predicted octanol–water partition coefficient (Wildman–Crippen LogP) is 3.37. The lowest BCUT2D eigenvalue weighted by molar-refractivity contribution is -0.145. The summed E-state index contributed by atoms with van der Waals surface area (Å²) < 4.78 is 10.0. The molecule has 0 aliphatic heterocycles. The molecule has 0 saturated carbocycles. The van der Waals surface area contributed by atoms with Crippen molar-refractivity contribution in [3.63, 3.8) is 0 Å². The van der Waals surface area contributed by atoms with Crippen molar-refractivity contribution in [1.82, 2.24) is 5.32 Å². The summed E-state index contributed by atoms with van der Waals surface area (Å²) in [5.41, 5.74) is 0.0756. The summed E-state index contributed by atoms with van der Waals surface area (Å²) in [6.45, 7) is 11.2. The molecule has 0 aliphatic rings. The van der Waals surface area contributed by atoms with Crippen molar-refractivity contribution < 1.29 is 24.2 Å². The van der Waals surface area contributed by atoms with Gasteiger partial charge in [-0.3, -0.25) is 9.59 Å². The molecule has 0 aromatic carbocycles. The lowest BCUT2D eigenvalue weighted by Gasteiger charge is -2.23. The Morgan fingerprint density at radius 3 is 2.37 bits per heavy atom. The average Bonchev–Trinajstić information content (AvgIpc) is 2.55. The van der Waals surface area contributed by atoms with E-state index in [1.165, 1.54) is 0 Å². The van der Waals surface area contributed by atoms with Crippen LogP contribution in [0.2, 0.25) is 0 Å². The van der Waals surface area contributed by atoms with Gasteiger partial charge in [0.15, 0.2) is 0 Å². The molecule has 2 unspecified atom stereocenters. The molecule has 2 N–H and O–H groups in total. The number of nitrogens with one attached hydrogen (secondary N) is 1. The van der Waals surface area contributed by atoms with Gasteiger partial charge in [0.1, 0.15) is 6.04 Å². The van der Waals surface area contributed by atoms with Crippen LogP contribution in [0, 0.1) is 5.41 Å². The Morgan fingerprint density at radius 1 is 1.11 bits per heavy atom. The van der Waals surface area contributed by atoms with Crippen LogP contribution in [0.4, 0.5) is 0 Å². The molecule has 27 heavy (non-hydrogen) atoms. The maximum absolute atomic E-state index is 12.1. The highest BCUT2D eigenvalue weighted by Crippen LogP contribution is 2.21. The molecule has 0 rings (SSSR count). The fourth-order valence-corrected chi connectivity index (χ4v) is 2.69. The van der Waals surface area contributed by atoms with Gasteiger partial charge in [-0.05, 0) is 57.9 Å². The zero-order chi connectivity index (χ0) is 20.7. The third-order valence-electron chi connectivity index (χ3n) is 3.88. The minimum absolute atomic E-state index is 0.0756. The molecule has 0 fully saturated rings. The summed E-state index contributed by atoms with van der Waals surface area (Å²) in [5.74, 6) is -0.454. The summed E-state index contributed by atoms with van der Waals surface area (Å²) >= 11 is 0. The summed E-state index contributed by atoms with van der Waals surface area (Å²) in [5, 5.41) is 13.3. The number of hydrogen-bond acceptors (Lipinski definition) is 6. The summed E-state index contributed by atoms with van der Waals surface area (Å²) in [4.78, 5) is 23.4. The van der Waals surface area contributed by atoms with E-state index in [0.29, 0.717) is 39.0 Å². The topological polar surface area (TPSA) is 84.9 Å². The number of rotatable bonds is 14. The van der Waals surface area contributed by atoms with Crippen LogP contribution in [0.1, 0.15) is 73.1 Å². The highest BCUT2D eigenvalue weighted by atomic mass is 16.5. The Balaban J connectivity index is 4.26. The van der Waals surface area contributed by atoms with Gasteiger partial charge in [-0.1, -0.05) is 32.9 Å². The summed E-state index contributed by atoms with van der Waals surface area (Å²) in [6.07, 6.45) is 7.25. The molecule has 0 spiro atoms. The van der Waals surface area contributed by atoms with E-state index in [1.54, 1.807) is 13.8 Å². The van der Waals surface area contributed by atoms with Crippen molar-refractivity contribution in [2.45, 2.75) is 85.3 Å². The first-order chi connectivity index (χ1) is 12.7. The fraction of sp³-hybridized carbons (Fsp3) is 0.810. The van der Waals surface area contributed by atoms with Crippen molar-refractivity contribution in [3.8, 4) is 0 Å². The molecule has 0 heterocycles. The van der Waals surface area contributed by atoms with Gasteiger partial charge in [0.2, 0.25) is 0 Å². The number of esters is 2. The Kier molecular flexibility index (Phi) is 13.9. The van der Waals surface area contributed by atoms with Crippen molar-refractivity contribution in [2.75, 3.05) is 19.8 Å². The number of aliphatic hydroxyl groups excluding tert-OH is 1. The van der Waals surface area contributed by atoms with E-state index in [-0.39, 0.29) is 17.4 Å². The van der Waals surface area contributed by atoms with Crippen LogP contribution < -0.4 is 5.32 Å². The first-order valence-electron chi connectivity index (χ1n) is 10.1. The lowest BCUT2D eigenvalue weighted by Crippen LogP contribution is -2.39. The minimum atomic E-state index is -0.423. The quantitative estimate of drug-likeness (QED) is 0.271. The van der Waals surface area contributed by atoms with Gasteiger partial charge < -0.3 is 19.9 Å². The number of carbonyl (C=O) groups excluding carboxylic acids is 2. The Bertz CT molecular complexity index is 442. The summed E-state index contributed by atoms with van der Waals surface area (Å²) in [6, 6.07) is -0.423. The second kappa shape index (κ2) is 14.6. The lowest BCUT2D eigenvalue weighted by atomic mass is 9.88. The number of aliphatic hydroxyl groups is 1. The van der Waals surface area contributed by atoms with Crippen molar-refractivity contribution in [3.05, 3.63) is 12.2 Å². The molecule has 0 aliphatic carbocycles. The molecular formula is C21H39NO5. The maximum Gasteiger partial charge on any atom is 0.323 e. The van der Waals surface area contributed by atoms with Crippen molar-refractivity contribution >= 4 is 11.9 Å². The number of ether oxygens (including phenoxy) is 2. The molecule has 0 radical (unpaired) electrons. The van der Waals surface area contributed by atoms with Crippen LogP contribution in [0.15, 0.2) is 12.2 Å². The number of carbonyl (C=O) groups is 2. The van der Waals surface area contributed by atoms with Crippen LogP contribution in [0.5, 0.6) is 0 Å². The largest absolute Gasteiger partial charge is 0.466 e. The van der Waals surface area contributed by atoms with Crippen LogP contribution in [0.25, 0.3) is 0 Å². The van der Waals surface area contributed by atoms with Gasteiger partial charge in [-0.2, -0.15) is 0 Å². The molecule has 0 bridgehead atoms. The number of unbranched alkanes of at least 4 members (excludes halogenated alkanes) is 1. The standard InChI is InChI=1S/C21H39NO5/c1-6-26-19(24)13-11-9-8-10-12-18(20(25)27-7-2)22-15-14-17(23)16-21(3,4)5/h8,10,17-18,22-23H,6-7,9,11-16H2,1-5H3. The monoisotopic (exact) mass is 385 g/mol. The van der Waals surface area contributed by atoms with Gasteiger partial charge in [-0.25, -0.2) is 0 Å². The van der Waals surface area contributed by atoms with Gasteiger partial charge in [-0.15, -0.1) is 0 Å². The molecule has 0 aromatic heterocycles. The highest BCUT2D eigenvalue weighted by molar-refractivity contribution is 5.76. The molecule has 0 aromatic rings. The Hall–Kier alpha value is -1.40.